The van der Waals surface area contributed by atoms with Crippen molar-refractivity contribution in [3.8, 4) is 17.2 Å². The number of phenolic OH excluding ortho intramolecular Hbond substituents is 2. The molecule has 2 aromatic rings. The van der Waals surface area contributed by atoms with Crippen molar-refractivity contribution in [2.75, 3.05) is 58.0 Å². The minimum absolute atomic E-state index is 0.0346. The summed E-state index contributed by atoms with van der Waals surface area (Å²) in [5.74, 6) is -8.86. The number of allylic oxidation sites excluding steroid dienone is 3. The van der Waals surface area contributed by atoms with Gasteiger partial charge in [0.25, 0.3) is 11.7 Å². The van der Waals surface area contributed by atoms with Crippen LogP contribution < -0.4 is 20.8 Å². The molecule has 0 saturated carbocycles. The number of carbonyl (C=O) groups is 7. The number of nitrogens with one attached hydrogen (secondary N) is 1. The van der Waals surface area contributed by atoms with E-state index in [1.54, 1.807) is 50.8 Å². The molecule has 0 aromatic heterocycles. The van der Waals surface area contributed by atoms with E-state index >= 15 is 0 Å². The third-order valence-electron chi connectivity index (χ3n) is 17.7. The van der Waals surface area contributed by atoms with E-state index in [0.29, 0.717) is 37.5 Å². The molecule has 25 heteroatoms. The number of anilines is 1. The Bertz CT molecular complexity index is 3200. The summed E-state index contributed by atoms with van der Waals surface area (Å²) >= 11 is 0. The Morgan fingerprint density at radius 1 is 0.864 bits per heavy atom. The topological polar surface area (TPSA) is 336 Å². The molecule has 2 aromatic carbocycles. The Kier molecular flexibility index (Phi) is 24.3. The van der Waals surface area contributed by atoms with E-state index in [1.165, 1.54) is 26.2 Å². The highest BCUT2D eigenvalue weighted by Gasteiger charge is 2.51. The van der Waals surface area contributed by atoms with E-state index in [9.17, 15) is 63.2 Å². The Morgan fingerprint density at radius 2 is 1.52 bits per heavy atom. The number of rotatable bonds is 21. The third kappa shape index (κ3) is 17.0. The van der Waals surface area contributed by atoms with Crippen molar-refractivity contribution in [2.24, 2.45) is 51.4 Å². The summed E-state index contributed by atoms with van der Waals surface area (Å²) in [5.41, 5.74) is -1.80. The number of carbonyl (C=O) groups excluding carboxylic acids is 7. The fourth-order valence-corrected chi connectivity index (χ4v) is 12.4. The predicted octanol–water partition coefficient (Wildman–Crippen LogP) is 6.62. The fourth-order valence-electron chi connectivity index (χ4n) is 11.7. The summed E-state index contributed by atoms with van der Waals surface area (Å²) in [7, 11) is -4.72. The molecule has 1 saturated heterocycles. The average Bonchev–Trinajstić information content (AvgIpc) is 1.64. The summed E-state index contributed by atoms with van der Waals surface area (Å²) in [6.45, 7) is 23.0. The Morgan fingerprint density at radius 3 is 2.16 bits per heavy atom. The monoisotopic (exact) mass is 1250 g/mol. The molecule has 7 rings (SSSR count). The number of phenols is 2. The largest absolute Gasteiger partial charge is 0.507 e. The number of aromatic hydroxyl groups is 2. The maximum Gasteiger partial charge on any atom is 0.335 e. The number of aliphatic hydroxyl groups excluding tert-OH is 1. The minimum Gasteiger partial charge on any atom is -0.507 e. The van der Waals surface area contributed by atoms with Crippen molar-refractivity contribution < 1.29 is 91.7 Å². The first-order chi connectivity index (χ1) is 41.4. The number of amides is 1. The van der Waals surface area contributed by atoms with Crippen LogP contribution in [0.15, 0.2) is 46.1 Å². The van der Waals surface area contributed by atoms with Gasteiger partial charge in [-0.25, -0.2) is 4.99 Å². The van der Waals surface area contributed by atoms with Crippen molar-refractivity contribution in [3.63, 3.8) is 0 Å². The highest BCUT2D eigenvalue weighted by molar-refractivity contribution is 7.53. The smallest absolute Gasteiger partial charge is 0.335 e. The molecule has 5 heterocycles. The average molecular weight is 1250 g/mol. The van der Waals surface area contributed by atoms with Gasteiger partial charge in [-0.15, -0.1) is 0 Å². The molecule has 486 valence electrons. The van der Waals surface area contributed by atoms with Gasteiger partial charge in [-0.2, -0.15) is 0 Å². The number of benzene rings is 2. The number of Topliss-reactive ketones (excluding diaryl/α,β-unsaturated/α-hetero) is 1. The van der Waals surface area contributed by atoms with Crippen LogP contribution in [0.1, 0.15) is 143 Å². The van der Waals surface area contributed by atoms with Crippen molar-refractivity contribution in [3.05, 3.63) is 58.0 Å². The molecule has 1 amide bonds. The fraction of sp³-hybridized carbons (Fsp3) is 0.635. The van der Waals surface area contributed by atoms with Crippen LogP contribution in [0.2, 0.25) is 0 Å². The van der Waals surface area contributed by atoms with E-state index in [1.807, 2.05) is 27.7 Å². The summed E-state index contributed by atoms with van der Waals surface area (Å²) in [6, 6.07) is 0. The number of hydrogen-bond acceptors (Lipinski definition) is 21. The lowest BCUT2D eigenvalue weighted by atomic mass is 9.72. The number of hydrogen-bond donors (Lipinski definition) is 6. The predicted molar refractivity (Wildman–Crippen MR) is 323 cm³/mol. The van der Waals surface area contributed by atoms with Crippen LogP contribution in [0.4, 0.5) is 5.69 Å². The standard InChI is InChI=1S/C63H90N5O19P/c1-13-45(70)83-34-84-47(72)21-20-46(71)82-30-28-67(25-15-14-19-44(33-69)88(79,80)81)32-48(73)86-58-37(5)17-16-18-38(6)61(78)64-54-53-52(65-63(66-53)23-26-68(27-24-63)31-35(2)3)49-50(57(54)76)56(75)43(11)59-51(49)60(77)62(12,87-59)85-29-22-36(4)39(7)40(8)41(9)55(74)42(58)10/h16-18,22,29,33,35-37,39-42,44,55,58,65,74-76H,13-15,19-21,23-28,30-32,34H2,1-12H3,(H2,79,80,81)/b17-16+,29-22+,38-18-,64-54?/t36-,37-,39+,40+,41-,42-,44?,55-,58-,62-/m0/s1. The van der Waals surface area contributed by atoms with Gasteiger partial charge in [0.05, 0.1) is 48.4 Å². The van der Waals surface area contributed by atoms with E-state index in [4.69, 9.17) is 33.4 Å². The van der Waals surface area contributed by atoms with Gasteiger partial charge in [0.1, 0.15) is 52.5 Å². The van der Waals surface area contributed by atoms with Gasteiger partial charge in [-0.3, -0.25) is 43.2 Å². The molecule has 5 aliphatic rings. The normalized spacial score (nSPS) is 26.6. The lowest BCUT2D eigenvalue weighted by molar-refractivity contribution is -0.168. The molecule has 88 heavy (non-hydrogen) atoms. The van der Waals surface area contributed by atoms with Crippen LogP contribution in [0.3, 0.4) is 0 Å². The molecular weight excluding hydrogens is 1160 g/mol. The van der Waals surface area contributed by atoms with Crippen molar-refractivity contribution in [1.82, 2.24) is 9.80 Å². The van der Waals surface area contributed by atoms with Gasteiger partial charge in [0.15, 0.2) is 5.75 Å². The molecule has 24 nitrogen and oxygen atoms in total. The third-order valence-corrected chi connectivity index (χ3v) is 19.0. The number of ketones is 1. The van der Waals surface area contributed by atoms with Crippen LogP contribution >= 0.6 is 7.60 Å². The second kappa shape index (κ2) is 30.3. The molecule has 5 bridgehead atoms. The number of nitrogens with zero attached hydrogens (tertiary/aromatic N) is 4. The van der Waals surface area contributed by atoms with Gasteiger partial charge < -0.3 is 68.5 Å². The van der Waals surface area contributed by atoms with Crippen LogP contribution in [0.5, 0.6) is 17.2 Å². The zero-order valence-corrected chi connectivity index (χ0v) is 53.6. The Hall–Kier alpha value is -6.56. The van der Waals surface area contributed by atoms with Gasteiger partial charge in [0.2, 0.25) is 6.79 Å². The Labute approximate surface area is 513 Å². The quantitative estimate of drug-likeness (QED) is 0.0145. The lowest BCUT2D eigenvalue weighted by Crippen LogP contribution is -2.47. The summed E-state index contributed by atoms with van der Waals surface area (Å²) in [6.07, 6.45) is 6.87. The number of fused-ring (bicyclic) bond motifs is 13. The van der Waals surface area contributed by atoms with Crippen molar-refractivity contribution in [2.45, 2.75) is 164 Å². The number of aliphatic hydroxyl groups is 1. The second-order valence-electron chi connectivity index (χ2n) is 24.7. The van der Waals surface area contributed by atoms with Crippen LogP contribution in [0.25, 0.3) is 10.8 Å². The van der Waals surface area contributed by atoms with E-state index in [2.05, 4.69) is 29.1 Å². The first-order valence-electron chi connectivity index (χ1n) is 30.5. The molecule has 6 N–H and O–H groups in total. The number of aldehydes is 1. The van der Waals surface area contributed by atoms with Crippen LogP contribution in [-0.4, -0.2) is 159 Å². The first-order valence-corrected chi connectivity index (χ1v) is 32.1. The molecule has 0 aliphatic carbocycles. The van der Waals surface area contributed by atoms with Crippen molar-refractivity contribution in [1.29, 1.82) is 0 Å². The number of likely N-dealkylation sites (tertiary alicyclic amines) is 1. The summed E-state index contributed by atoms with van der Waals surface area (Å²) < 4.78 is 45.7. The van der Waals surface area contributed by atoms with Crippen molar-refractivity contribution >= 4 is 65.9 Å². The zero-order chi connectivity index (χ0) is 65.2. The maximum absolute atomic E-state index is 14.9. The van der Waals surface area contributed by atoms with Crippen LogP contribution in [-0.2, 0) is 57.0 Å². The maximum atomic E-state index is 14.9. The molecular formula is C63H90N5O19P. The molecule has 5 aliphatic heterocycles. The lowest BCUT2D eigenvalue weighted by Gasteiger charge is -2.38. The van der Waals surface area contributed by atoms with Gasteiger partial charge in [-0.1, -0.05) is 87.0 Å². The van der Waals surface area contributed by atoms with E-state index < -0.39 is 109 Å². The summed E-state index contributed by atoms with van der Waals surface area (Å²) in [4.78, 5) is 124. The Balaban J connectivity index is 1.34. The van der Waals surface area contributed by atoms with E-state index in [0.717, 1.165) is 6.54 Å². The number of ether oxygens (including phenoxy) is 6. The highest BCUT2D eigenvalue weighted by Crippen LogP contribution is 2.51. The van der Waals surface area contributed by atoms with E-state index in [-0.39, 0.29) is 133 Å². The second-order valence-corrected chi connectivity index (χ2v) is 26.5. The first kappa shape index (κ1) is 70.5. The SMILES string of the molecule is CCC(=O)OCOC(=O)CCC(=O)OCCN(CCCCC(C=O)P(=O)(O)O)CC(=O)O[C@@H]1[C@@H](C)[C@@H](O)[C@@H](C)[C@H](C)[C@H](C)[C@@H](C)/C=C/O[C@@]2(C)Oc3c(C)c(O)c4c(O)c(c5c(c4c3C2=O)NC2(CCN(CC(C)C)CC2)N=5)=NC(=O)/C(C)=C\C=C\[C@@H]1C. The van der Waals surface area contributed by atoms with Gasteiger partial charge in [0, 0.05) is 80.7 Å². The van der Waals surface area contributed by atoms with Gasteiger partial charge >= 0.3 is 37.3 Å². The number of piperidine rings is 1. The molecule has 1 unspecified atom stereocenters. The molecule has 1 fully saturated rings. The molecule has 0 radical (unpaired) electrons. The van der Waals surface area contributed by atoms with Crippen LogP contribution in [0, 0.1) is 48.3 Å². The summed E-state index contributed by atoms with van der Waals surface area (Å²) in [5, 5.41) is 40.2. The number of unbranched alkanes of at least 4 members (excludes halogenated alkanes) is 1. The number of esters is 4. The minimum atomic E-state index is -4.72. The van der Waals surface area contributed by atoms with Gasteiger partial charge in [-0.05, 0) is 68.9 Å². The molecule has 1 spiro atoms. The zero-order valence-electron chi connectivity index (χ0n) is 52.7. The molecule has 10 atom stereocenters. The highest BCUT2D eigenvalue weighted by atomic mass is 31.2.